The van der Waals surface area contributed by atoms with Gasteiger partial charge in [0.15, 0.2) is 5.75 Å². The molecule has 0 atom stereocenters. The van der Waals surface area contributed by atoms with Crippen molar-refractivity contribution < 1.29 is 27.6 Å². The predicted octanol–water partition coefficient (Wildman–Crippen LogP) is 6.68. The lowest BCUT2D eigenvalue weighted by Crippen LogP contribution is -2.13. The Kier molecular flexibility index (Phi) is 7.44. The summed E-state index contributed by atoms with van der Waals surface area (Å²) in [5, 5.41) is 23.1. The van der Waals surface area contributed by atoms with Crippen molar-refractivity contribution in [1.82, 2.24) is 0 Å². The smallest absolute Gasteiger partial charge is 0.297 e. The molecule has 0 radical (unpaired) electrons. The molecular formula is C26H22ClN3O6S. The lowest BCUT2D eigenvalue weighted by molar-refractivity contribution is 0.102. The van der Waals surface area contributed by atoms with Crippen molar-refractivity contribution >= 4 is 55.5 Å². The van der Waals surface area contributed by atoms with Crippen molar-refractivity contribution in [3.8, 4) is 11.5 Å². The fourth-order valence-electron chi connectivity index (χ4n) is 3.92. The molecule has 3 N–H and O–H groups in total. The van der Waals surface area contributed by atoms with Crippen LogP contribution in [0.4, 0.5) is 17.1 Å². The molecule has 0 spiro atoms. The number of halogens is 1. The van der Waals surface area contributed by atoms with Crippen LogP contribution in [-0.2, 0) is 16.5 Å². The molecule has 0 aliphatic carbocycles. The Labute approximate surface area is 218 Å². The lowest BCUT2D eigenvalue weighted by atomic mass is 10.0. The average Bonchev–Trinajstić information content (AvgIpc) is 2.87. The number of hydrogen-bond donors (Lipinski definition) is 3. The van der Waals surface area contributed by atoms with Crippen LogP contribution >= 0.6 is 11.6 Å². The number of methoxy groups -OCH3 is 1. The van der Waals surface area contributed by atoms with Gasteiger partial charge in [0.2, 0.25) is 0 Å². The fraction of sp³-hybridized carbons (Fsp3) is 0.115. The average molecular weight is 540 g/mol. The molecule has 4 aromatic rings. The monoisotopic (exact) mass is 539 g/mol. The number of azo groups is 1. The highest BCUT2D eigenvalue weighted by atomic mass is 35.5. The van der Waals surface area contributed by atoms with Crippen molar-refractivity contribution in [2.24, 2.45) is 10.2 Å². The van der Waals surface area contributed by atoms with Crippen LogP contribution in [0.5, 0.6) is 11.5 Å². The third kappa shape index (κ3) is 5.26. The topological polar surface area (TPSA) is 138 Å². The van der Waals surface area contributed by atoms with Crippen molar-refractivity contribution in [1.29, 1.82) is 0 Å². The van der Waals surface area contributed by atoms with E-state index in [9.17, 15) is 22.9 Å². The predicted molar refractivity (Wildman–Crippen MR) is 141 cm³/mol. The zero-order valence-corrected chi connectivity index (χ0v) is 21.3. The first-order valence-corrected chi connectivity index (χ1v) is 12.9. The summed E-state index contributed by atoms with van der Waals surface area (Å²) in [4.78, 5) is 12.7. The van der Waals surface area contributed by atoms with Gasteiger partial charge in [0.1, 0.15) is 22.0 Å². The van der Waals surface area contributed by atoms with E-state index in [0.29, 0.717) is 22.2 Å². The normalized spacial score (nSPS) is 11.7. The summed E-state index contributed by atoms with van der Waals surface area (Å²) in [6.07, 6.45) is 0.212. The molecule has 0 fully saturated rings. The van der Waals surface area contributed by atoms with Gasteiger partial charge in [-0.3, -0.25) is 9.35 Å². The SMILES string of the molecule is CCc1c(Cl)ccc(N=Nc2c(O)c(C(=O)Nc3ccccc3OC)cc3ccccc23)c1S(=O)(=O)O. The molecule has 190 valence electrons. The van der Waals surface area contributed by atoms with E-state index in [1.165, 1.54) is 25.3 Å². The number of aromatic hydroxyl groups is 1. The van der Waals surface area contributed by atoms with Crippen LogP contribution in [0.15, 0.2) is 81.9 Å². The van der Waals surface area contributed by atoms with Gasteiger partial charge in [-0.25, -0.2) is 0 Å². The quantitative estimate of drug-likeness (QED) is 0.177. The molecule has 0 aromatic heterocycles. The van der Waals surface area contributed by atoms with E-state index in [0.717, 1.165) is 0 Å². The lowest BCUT2D eigenvalue weighted by Gasteiger charge is -2.13. The summed E-state index contributed by atoms with van der Waals surface area (Å²) in [6.45, 7) is 1.68. The maximum Gasteiger partial charge on any atom is 0.297 e. The molecule has 37 heavy (non-hydrogen) atoms. The molecule has 4 aromatic carbocycles. The van der Waals surface area contributed by atoms with Crippen LogP contribution in [0.25, 0.3) is 10.8 Å². The molecule has 0 bridgehead atoms. The van der Waals surface area contributed by atoms with Crippen LogP contribution in [0.2, 0.25) is 5.02 Å². The van der Waals surface area contributed by atoms with Gasteiger partial charge < -0.3 is 15.2 Å². The summed E-state index contributed by atoms with van der Waals surface area (Å²) in [7, 11) is -3.22. The summed E-state index contributed by atoms with van der Waals surface area (Å²) in [5.74, 6) is -0.654. The zero-order valence-electron chi connectivity index (χ0n) is 19.8. The van der Waals surface area contributed by atoms with E-state index in [1.54, 1.807) is 55.5 Å². The van der Waals surface area contributed by atoms with Gasteiger partial charge >= 0.3 is 0 Å². The Morgan fingerprint density at radius 2 is 1.76 bits per heavy atom. The van der Waals surface area contributed by atoms with Crippen LogP contribution in [0.1, 0.15) is 22.8 Å². The van der Waals surface area contributed by atoms with Gasteiger partial charge in [0, 0.05) is 10.4 Å². The van der Waals surface area contributed by atoms with E-state index in [4.69, 9.17) is 16.3 Å². The minimum atomic E-state index is -4.70. The van der Waals surface area contributed by atoms with E-state index in [2.05, 4.69) is 15.5 Å². The molecule has 0 heterocycles. The second kappa shape index (κ2) is 10.6. The number of rotatable bonds is 7. The first kappa shape index (κ1) is 26.1. The Balaban J connectivity index is 1.86. The number of phenolic OH excluding ortho intramolecular Hbond substituents is 1. The molecule has 4 rings (SSSR count). The summed E-state index contributed by atoms with van der Waals surface area (Å²) < 4.78 is 39.4. The second-order valence-corrected chi connectivity index (χ2v) is 9.67. The highest BCUT2D eigenvalue weighted by Crippen LogP contribution is 2.41. The largest absolute Gasteiger partial charge is 0.505 e. The molecule has 0 unspecified atom stereocenters. The van der Waals surface area contributed by atoms with Gasteiger partial charge in [-0.05, 0) is 47.7 Å². The van der Waals surface area contributed by atoms with E-state index in [1.807, 2.05) is 0 Å². The minimum absolute atomic E-state index is 0.0578. The summed E-state index contributed by atoms with van der Waals surface area (Å²) in [6, 6.07) is 17.9. The second-order valence-electron chi connectivity index (χ2n) is 7.90. The van der Waals surface area contributed by atoms with Crippen LogP contribution < -0.4 is 10.1 Å². The number of benzene rings is 4. The Bertz CT molecular complexity index is 1650. The highest BCUT2D eigenvalue weighted by molar-refractivity contribution is 7.86. The van der Waals surface area contributed by atoms with Crippen molar-refractivity contribution in [2.45, 2.75) is 18.2 Å². The number of amides is 1. The number of nitrogens with one attached hydrogen (secondary N) is 1. The van der Waals surface area contributed by atoms with Gasteiger partial charge in [0.05, 0.1) is 18.4 Å². The maximum atomic E-state index is 13.2. The highest BCUT2D eigenvalue weighted by Gasteiger charge is 2.23. The van der Waals surface area contributed by atoms with E-state index >= 15 is 0 Å². The number of phenols is 1. The van der Waals surface area contributed by atoms with Crippen molar-refractivity contribution in [3.63, 3.8) is 0 Å². The van der Waals surface area contributed by atoms with Crippen molar-refractivity contribution in [3.05, 3.63) is 82.9 Å². The van der Waals surface area contributed by atoms with Gasteiger partial charge in [0.25, 0.3) is 16.0 Å². The Morgan fingerprint density at radius 3 is 2.46 bits per heavy atom. The number of para-hydroxylation sites is 2. The standard InChI is InChI=1S/C26H22ClN3O6S/c1-3-16-19(27)12-13-21(25(16)37(33,34)35)29-30-23-17-9-5-4-8-15(17)14-18(24(23)31)26(32)28-20-10-6-7-11-22(20)36-2/h4-14,31H,3H2,1-2H3,(H,28,32)(H,33,34,35). The summed E-state index contributed by atoms with van der Waals surface area (Å²) >= 11 is 6.13. The third-order valence-corrected chi connectivity index (χ3v) is 6.97. The Morgan fingerprint density at radius 1 is 1.05 bits per heavy atom. The van der Waals surface area contributed by atoms with Gasteiger partial charge in [-0.2, -0.15) is 8.42 Å². The van der Waals surface area contributed by atoms with Crippen LogP contribution in [-0.4, -0.2) is 31.1 Å². The number of carbonyl (C=O) groups excluding carboxylic acids is 1. The molecule has 1 amide bonds. The number of anilines is 1. The first-order chi connectivity index (χ1) is 17.7. The number of nitrogens with zero attached hydrogens (tertiary/aromatic N) is 2. The molecule has 11 heteroatoms. The maximum absolute atomic E-state index is 13.2. The van der Waals surface area contributed by atoms with E-state index in [-0.39, 0.29) is 33.9 Å². The van der Waals surface area contributed by atoms with Crippen LogP contribution in [0.3, 0.4) is 0 Å². The Hall–Kier alpha value is -3.99. The number of ether oxygens (including phenoxy) is 1. The molecule has 0 saturated carbocycles. The number of fused-ring (bicyclic) bond motifs is 1. The molecule has 9 nitrogen and oxygen atoms in total. The zero-order chi connectivity index (χ0) is 26.7. The molecule has 0 aliphatic heterocycles. The van der Waals surface area contributed by atoms with Crippen LogP contribution in [0, 0.1) is 0 Å². The number of hydrogen-bond acceptors (Lipinski definition) is 7. The van der Waals surface area contributed by atoms with Crippen molar-refractivity contribution in [2.75, 3.05) is 12.4 Å². The molecular weight excluding hydrogens is 518 g/mol. The van der Waals surface area contributed by atoms with Gasteiger partial charge in [-0.1, -0.05) is 54.9 Å². The minimum Gasteiger partial charge on any atom is -0.505 e. The first-order valence-electron chi connectivity index (χ1n) is 11.0. The number of carbonyl (C=O) groups is 1. The third-order valence-electron chi connectivity index (χ3n) is 5.65. The summed E-state index contributed by atoms with van der Waals surface area (Å²) in [5.41, 5.74) is 0.268. The van der Waals surface area contributed by atoms with Gasteiger partial charge in [-0.15, -0.1) is 10.2 Å². The van der Waals surface area contributed by atoms with E-state index < -0.39 is 26.7 Å². The molecule has 0 saturated heterocycles. The fourth-order valence-corrected chi connectivity index (χ4v) is 5.21. The molecule has 0 aliphatic rings.